The Morgan fingerprint density at radius 1 is 0.880 bits per heavy atom. The van der Waals surface area contributed by atoms with Gasteiger partial charge in [0, 0.05) is 23.8 Å². The smallest absolute Gasteiger partial charge is 0.258 e. The standard InChI is InChI=1S/C20H20N4O/c1-13-8-9-18(15(3)10-13)23-19(25)16-11-21-20(22-12-16)24-17-7-5-4-6-14(17)2/h4-12H,1-3H3,(H,23,25)(H,21,22,24). The monoisotopic (exact) mass is 332 g/mol. The van der Waals surface area contributed by atoms with E-state index in [1.807, 2.05) is 63.2 Å². The van der Waals surface area contributed by atoms with Gasteiger partial charge in [0.15, 0.2) is 0 Å². The summed E-state index contributed by atoms with van der Waals surface area (Å²) in [5, 5.41) is 6.04. The molecule has 0 fully saturated rings. The van der Waals surface area contributed by atoms with Crippen molar-refractivity contribution in [3.63, 3.8) is 0 Å². The fourth-order valence-electron chi connectivity index (χ4n) is 2.49. The highest BCUT2D eigenvalue weighted by molar-refractivity contribution is 6.04. The summed E-state index contributed by atoms with van der Waals surface area (Å²) in [7, 11) is 0. The van der Waals surface area contributed by atoms with Crippen molar-refractivity contribution in [1.29, 1.82) is 0 Å². The Labute approximate surface area is 147 Å². The Hall–Kier alpha value is -3.21. The van der Waals surface area contributed by atoms with Gasteiger partial charge in [-0.05, 0) is 44.0 Å². The number of nitrogens with one attached hydrogen (secondary N) is 2. The zero-order valence-electron chi connectivity index (χ0n) is 14.5. The van der Waals surface area contributed by atoms with Gasteiger partial charge in [0.2, 0.25) is 5.95 Å². The van der Waals surface area contributed by atoms with Gasteiger partial charge < -0.3 is 10.6 Å². The van der Waals surface area contributed by atoms with Crippen LogP contribution in [0.4, 0.5) is 17.3 Å². The minimum Gasteiger partial charge on any atom is -0.324 e. The van der Waals surface area contributed by atoms with Crippen LogP contribution in [0.15, 0.2) is 54.9 Å². The number of hydrogen-bond acceptors (Lipinski definition) is 4. The molecule has 5 nitrogen and oxygen atoms in total. The maximum atomic E-state index is 12.4. The summed E-state index contributed by atoms with van der Waals surface area (Å²) in [6, 6.07) is 13.8. The number of benzene rings is 2. The molecule has 0 unspecified atom stereocenters. The van der Waals surface area contributed by atoms with Crippen molar-refractivity contribution in [2.75, 3.05) is 10.6 Å². The molecule has 0 bridgehead atoms. The van der Waals surface area contributed by atoms with Crippen molar-refractivity contribution >= 4 is 23.2 Å². The van der Waals surface area contributed by atoms with E-state index < -0.39 is 0 Å². The van der Waals surface area contributed by atoms with E-state index >= 15 is 0 Å². The first-order valence-corrected chi connectivity index (χ1v) is 8.06. The molecule has 0 saturated carbocycles. The Bertz CT molecular complexity index is 904. The van der Waals surface area contributed by atoms with Crippen LogP contribution in [-0.2, 0) is 0 Å². The maximum Gasteiger partial charge on any atom is 0.258 e. The van der Waals surface area contributed by atoms with Crippen molar-refractivity contribution in [3.05, 3.63) is 77.1 Å². The number of anilines is 3. The molecule has 1 aromatic heterocycles. The normalized spacial score (nSPS) is 10.4. The van der Waals surface area contributed by atoms with Crippen molar-refractivity contribution < 1.29 is 4.79 Å². The van der Waals surface area contributed by atoms with Crippen LogP contribution in [0.25, 0.3) is 0 Å². The molecular formula is C20H20N4O. The summed E-state index contributed by atoms with van der Waals surface area (Å²) in [5.74, 6) is 0.228. The van der Waals surface area contributed by atoms with Gasteiger partial charge in [-0.25, -0.2) is 9.97 Å². The van der Waals surface area contributed by atoms with Crippen molar-refractivity contribution in [2.24, 2.45) is 0 Å². The van der Waals surface area contributed by atoms with Gasteiger partial charge in [-0.15, -0.1) is 0 Å². The average molecular weight is 332 g/mol. The van der Waals surface area contributed by atoms with E-state index in [1.165, 1.54) is 12.4 Å². The lowest BCUT2D eigenvalue weighted by molar-refractivity contribution is 0.102. The first-order chi connectivity index (χ1) is 12.0. The second kappa shape index (κ2) is 7.13. The zero-order chi connectivity index (χ0) is 17.8. The van der Waals surface area contributed by atoms with Gasteiger partial charge >= 0.3 is 0 Å². The predicted octanol–water partition coefficient (Wildman–Crippen LogP) is 4.40. The van der Waals surface area contributed by atoms with Gasteiger partial charge in [-0.3, -0.25) is 4.79 Å². The van der Waals surface area contributed by atoms with Gasteiger partial charge in [0.05, 0.1) is 5.56 Å². The summed E-state index contributed by atoms with van der Waals surface area (Å²) in [5.41, 5.74) is 5.42. The quantitative estimate of drug-likeness (QED) is 0.743. The summed E-state index contributed by atoms with van der Waals surface area (Å²) >= 11 is 0. The van der Waals surface area contributed by atoms with Crippen LogP contribution in [0.3, 0.4) is 0 Å². The van der Waals surface area contributed by atoms with Gasteiger partial charge in [0.1, 0.15) is 0 Å². The minimum absolute atomic E-state index is 0.227. The number of rotatable bonds is 4. The topological polar surface area (TPSA) is 66.9 Å². The van der Waals surface area contributed by atoms with E-state index in [0.717, 1.165) is 28.1 Å². The number of para-hydroxylation sites is 1. The number of carbonyl (C=O) groups excluding carboxylic acids is 1. The van der Waals surface area contributed by atoms with Crippen LogP contribution < -0.4 is 10.6 Å². The number of carbonyl (C=O) groups is 1. The molecule has 126 valence electrons. The summed E-state index contributed by atoms with van der Waals surface area (Å²) < 4.78 is 0. The Kier molecular flexibility index (Phi) is 4.75. The molecule has 25 heavy (non-hydrogen) atoms. The Morgan fingerprint density at radius 2 is 1.60 bits per heavy atom. The first kappa shape index (κ1) is 16.6. The predicted molar refractivity (Wildman–Crippen MR) is 100 cm³/mol. The van der Waals surface area contributed by atoms with E-state index in [9.17, 15) is 4.79 Å². The molecular weight excluding hydrogens is 312 g/mol. The third-order valence-corrected chi connectivity index (χ3v) is 3.94. The number of nitrogens with zero attached hydrogens (tertiary/aromatic N) is 2. The summed E-state index contributed by atoms with van der Waals surface area (Å²) in [6.45, 7) is 6.00. The highest BCUT2D eigenvalue weighted by atomic mass is 16.1. The molecule has 0 saturated heterocycles. The van der Waals surface area contributed by atoms with Crippen LogP contribution in [-0.4, -0.2) is 15.9 Å². The van der Waals surface area contributed by atoms with Gasteiger partial charge in [-0.1, -0.05) is 35.9 Å². The van der Waals surface area contributed by atoms with Crippen LogP contribution in [0.1, 0.15) is 27.0 Å². The first-order valence-electron chi connectivity index (χ1n) is 8.06. The van der Waals surface area contributed by atoms with Crippen LogP contribution in [0, 0.1) is 20.8 Å². The highest BCUT2D eigenvalue weighted by Gasteiger charge is 2.09. The fraction of sp³-hybridized carbons (Fsp3) is 0.150. The molecule has 1 amide bonds. The van der Waals surface area contributed by atoms with Crippen LogP contribution in [0.5, 0.6) is 0 Å². The number of aromatic nitrogens is 2. The van der Waals surface area contributed by atoms with Crippen LogP contribution >= 0.6 is 0 Å². The van der Waals surface area contributed by atoms with E-state index in [4.69, 9.17) is 0 Å². The molecule has 0 aliphatic carbocycles. The largest absolute Gasteiger partial charge is 0.324 e. The molecule has 3 rings (SSSR count). The van der Waals surface area contributed by atoms with Gasteiger partial charge in [0.25, 0.3) is 5.91 Å². The van der Waals surface area contributed by atoms with Gasteiger partial charge in [-0.2, -0.15) is 0 Å². The van der Waals surface area contributed by atoms with E-state index in [0.29, 0.717) is 11.5 Å². The lowest BCUT2D eigenvalue weighted by Crippen LogP contribution is -2.14. The van der Waals surface area contributed by atoms with E-state index in [-0.39, 0.29) is 5.91 Å². The molecule has 0 spiro atoms. The van der Waals surface area contributed by atoms with Crippen LogP contribution in [0.2, 0.25) is 0 Å². The molecule has 5 heteroatoms. The molecule has 0 atom stereocenters. The lowest BCUT2D eigenvalue weighted by atomic mass is 10.1. The van der Waals surface area contributed by atoms with E-state index in [1.54, 1.807) is 0 Å². The molecule has 2 aromatic carbocycles. The van der Waals surface area contributed by atoms with Crippen molar-refractivity contribution in [2.45, 2.75) is 20.8 Å². The second-order valence-corrected chi connectivity index (χ2v) is 6.01. The Morgan fingerprint density at radius 3 is 2.28 bits per heavy atom. The fourth-order valence-corrected chi connectivity index (χ4v) is 2.49. The van der Waals surface area contributed by atoms with Crippen molar-refractivity contribution in [3.8, 4) is 0 Å². The number of hydrogen-bond donors (Lipinski definition) is 2. The molecule has 0 aliphatic heterocycles. The van der Waals surface area contributed by atoms with E-state index in [2.05, 4.69) is 20.6 Å². The third kappa shape index (κ3) is 4.01. The van der Waals surface area contributed by atoms with Crippen molar-refractivity contribution in [1.82, 2.24) is 9.97 Å². The maximum absolute atomic E-state index is 12.4. The highest BCUT2D eigenvalue weighted by Crippen LogP contribution is 2.18. The number of aryl methyl sites for hydroxylation is 3. The third-order valence-electron chi connectivity index (χ3n) is 3.94. The SMILES string of the molecule is Cc1ccc(NC(=O)c2cnc(Nc3ccccc3C)nc2)c(C)c1. The molecule has 3 aromatic rings. The molecule has 0 radical (unpaired) electrons. The molecule has 2 N–H and O–H groups in total. The summed E-state index contributed by atoms with van der Waals surface area (Å²) in [6.07, 6.45) is 3.04. The average Bonchev–Trinajstić information content (AvgIpc) is 2.60. The molecule has 1 heterocycles. The minimum atomic E-state index is -0.227. The number of amides is 1. The zero-order valence-corrected chi connectivity index (χ0v) is 14.5. The second-order valence-electron chi connectivity index (χ2n) is 6.01. The summed E-state index contributed by atoms with van der Waals surface area (Å²) in [4.78, 5) is 20.8. The lowest BCUT2D eigenvalue weighted by Gasteiger charge is -2.10. The molecule has 0 aliphatic rings. The Balaban J connectivity index is 1.71.